The molecular formula is C10H8BrF3. The number of alkyl halides is 4. The van der Waals surface area contributed by atoms with Crippen LogP contribution in [0.3, 0.4) is 0 Å². The molecule has 14 heavy (non-hydrogen) atoms. The lowest BCUT2D eigenvalue weighted by molar-refractivity contribution is -0.137. The minimum atomic E-state index is -4.22. The van der Waals surface area contributed by atoms with Crippen molar-refractivity contribution in [2.45, 2.75) is 23.8 Å². The van der Waals surface area contributed by atoms with Crippen molar-refractivity contribution in [3.8, 4) is 0 Å². The minimum absolute atomic E-state index is 0.222. The first-order valence-electron chi connectivity index (χ1n) is 4.32. The van der Waals surface area contributed by atoms with E-state index < -0.39 is 11.7 Å². The fraction of sp³-hybridized carbons (Fsp3) is 0.400. The lowest BCUT2D eigenvalue weighted by Gasteiger charge is -2.09. The fourth-order valence-electron chi connectivity index (χ4n) is 1.74. The average molecular weight is 265 g/mol. The van der Waals surface area contributed by atoms with Gasteiger partial charge in [-0.1, -0.05) is 22.0 Å². The van der Waals surface area contributed by atoms with Gasteiger partial charge in [-0.3, -0.25) is 0 Å². The van der Waals surface area contributed by atoms with Gasteiger partial charge >= 0.3 is 6.18 Å². The summed E-state index contributed by atoms with van der Waals surface area (Å²) in [4.78, 5) is 0.222. The Bertz CT molecular complexity index is 357. The van der Waals surface area contributed by atoms with Crippen LogP contribution in [0.15, 0.2) is 18.2 Å². The van der Waals surface area contributed by atoms with Crippen molar-refractivity contribution in [2.75, 3.05) is 0 Å². The van der Waals surface area contributed by atoms with Gasteiger partial charge in [-0.25, -0.2) is 0 Å². The Kier molecular flexibility index (Phi) is 2.33. The molecule has 1 aromatic rings. The second-order valence-electron chi connectivity index (χ2n) is 3.42. The SMILES string of the molecule is FC(F)(F)c1ccc2c(c1)CCC2Br. The smallest absolute Gasteiger partial charge is 0.166 e. The van der Waals surface area contributed by atoms with Crippen LogP contribution in [0.5, 0.6) is 0 Å². The predicted octanol–water partition coefficient (Wildman–Crippen LogP) is 4.09. The topological polar surface area (TPSA) is 0 Å². The molecule has 0 heterocycles. The summed E-state index contributed by atoms with van der Waals surface area (Å²) in [5, 5.41) is 0. The molecule has 1 aromatic carbocycles. The third-order valence-corrected chi connectivity index (χ3v) is 3.43. The van der Waals surface area contributed by atoms with E-state index in [1.54, 1.807) is 6.07 Å². The number of benzene rings is 1. The Hall–Kier alpha value is -0.510. The van der Waals surface area contributed by atoms with E-state index in [1.165, 1.54) is 6.07 Å². The van der Waals surface area contributed by atoms with E-state index in [0.29, 0.717) is 0 Å². The molecular weight excluding hydrogens is 257 g/mol. The lowest BCUT2D eigenvalue weighted by Crippen LogP contribution is -2.05. The van der Waals surface area contributed by atoms with Gasteiger partial charge in [0, 0.05) is 4.83 Å². The van der Waals surface area contributed by atoms with E-state index in [9.17, 15) is 13.2 Å². The van der Waals surface area contributed by atoms with Crippen molar-refractivity contribution in [1.82, 2.24) is 0 Å². The van der Waals surface area contributed by atoms with Crippen molar-refractivity contribution < 1.29 is 13.2 Å². The van der Waals surface area contributed by atoms with E-state index in [-0.39, 0.29) is 4.83 Å². The van der Waals surface area contributed by atoms with Crippen LogP contribution in [0.4, 0.5) is 13.2 Å². The highest BCUT2D eigenvalue weighted by molar-refractivity contribution is 9.09. The first-order chi connectivity index (χ1) is 6.48. The Labute approximate surface area is 88.2 Å². The second kappa shape index (κ2) is 3.26. The van der Waals surface area contributed by atoms with Crippen molar-refractivity contribution >= 4 is 15.9 Å². The van der Waals surface area contributed by atoms with Crippen LogP contribution in [-0.4, -0.2) is 0 Å². The molecule has 0 radical (unpaired) electrons. The molecule has 1 atom stereocenters. The summed E-state index contributed by atoms with van der Waals surface area (Å²) in [6, 6.07) is 3.99. The molecule has 4 heteroatoms. The van der Waals surface area contributed by atoms with Crippen LogP contribution in [0.25, 0.3) is 0 Å². The second-order valence-corrected chi connectivity index (χ2v) is 4.52. The minimum Gasteiger partial charge on any atom is -0.166 e. The van der Waals surface area contributed by atoms with Crippen molar-refractivity contribution in [1.29, 1.82) is 0 Å². The maximum atomic E-state index is 12.3. The molecule has 1 aliphatic carbocycles. The molecule has 0 amide bonds. The van der Waals surface area contributed by atoms with Crippen molar-refractivity contribution in [2.24, 2.45) is 0 Å². The third kappa shape index (κ3) is 1.67. The summed E-state index contributed by atoms with van der Waals surface area (Å²) >= 11 is 3.43. The molecule has 0 saturated carbocycles. The highest BCUT2D eigenvalue weighted by Gasteiger charge is 2.32. The van der Waals surface area contributed by atoms with E-state index in [2.05, 4.69) is 15.9 Å². The van der Waals surface area contributed by atoms with Crippen LogP contribution < -0.4 is 0 Å². The normalized spacial score (nSPS) is 21.0. The van der Waals surface area contributed by atoms with E-state index in [1.807, 2.05) is 0 Å². The average Bonchev–Trinajstić information content (AvgIpc) is 2.46. The summed E-state index contributed by atoms with van der Waals surface area (Å²) in [5.74, 6) is 0. The third-order valence-electron chi connectivity index (χ3n) is 2.47. The first-order valence-corrected chi connectivity index (χ1v) is 5.24. The van der Waals surface area contributed by atoms with E-state index in [4.69, 9.17) is 0 Å². The van der Waals surface area contributed by atoms with Gasteiger partial charge in [0.1, 0.15) is 0 Å². The molecule has 0 N–H and O–H groups in total. The number of halogens is 4. The molecule has 1 unspecified atom stereocenters. The highest BCUT2D eigenvalue weighted by Crippen LogP contribution is 2.40. The molecule has 76 valence electrons. The standard InChI is InChI=1S/C10H8BrF3/c11-9-4-1-6-5-7(10(12,13)14)2-3-8(6)9/h2-3,5,9H,1,4H2. The van der Waals surface area contributed by atoms with Crippen LogP contribution in [0.1, 0.15) is 27.9 Å². The van der Waals surface area contributed by atoms with Gasteiger partial charge in [0.25, 0.3) is 0 Å². The molecule has 1 aliphatic rings. The maximum absolute atomic E-state index is 12.3. The first kappa shape index (κ1) is 10.0. The Morgan fingerprint density at radius 3 is 2.64 bits per heavy atom. The summed E-state index contributed by atoms with van der Waals surface area (Å²) in [6.45, 7) is 0. The molecule has 2 rings (SSSR count). The monoisotopic (exact) mass is 264 g/mol. The maximum Gasteiger partial charge on any atom is 0.416 e. The van der Waals surface area contributed by atoms with Crippen LogP contribution in [0.2, 0.25) is 0 Å². The fourth-order valence-corrected chi connectivity index (χ4v) is 2.42. The number of rotatable bonds is 0. The molecule has 0 spiro atoms. The van der Waals surface area contributed by atoms with Gasteiger partial charge in [0.2, 0.25) is 0 Å². The Balaban J connectivity index is 2.42. The van der Waals surface area contributed by atoms with Gasteiger partial charge in [-0.2, -0.15) is 13.2 Å². The number of hydrogen-bond donors (Lipinski definition) is 0. The van der Waals surface area contributed by atoms with Crippen LogP contribution in [-0.2, 0) is 12.6 Å². The number of aryl methyl sites for hydroxylation is 1. The van der Waals surface area contributed by atoms with Crippen LogP contribution in [0, 0.1) is 0 Å². The van der Waals surface area contributed by atoms with Gasteiger partial charge in [-0.05, 0) is 36.1 Å². The van der Waals surface area contributed by atoms with Gasteiger partial charge in [-0.15, -0.1) is 0 Å². The van der Waals surface area contributed by atoms with Crippen molar-refractivity contribution in [3.63, 3.8) is 0 Å². The van der Waals surface area contributed by atoms with E-state index >= 15 is 0 Å². The molecule has 0 aromatic heterocycles. The summed E-state index contributed by atoms with van der Waals surface area (Å²) < 4.78 is 37.0. The molecule has 0 bridgehead atoms. The van der Waals surface area contributed by atoms with Gasteiger partial charge < -0.3 is 0 Å². The quantitative estimate of drug-likeness (QED) is 0.620. The zero-order valence-electron chi connectivity index (χ0n) is 7.24. The summed E-state index contributed by atoms with van der Waals surface area (Å²) in [7, 11) is 0. The van der Waals surface area contributed by atoms with E-state index in [0.717, 1.165) is 30.0 Å². The highest BCUT2D eigenvalue weighted by atomic mass is 79.9. The zero-order valence-corrected chi connectivity index (χ0v) is 8.82. The lowest BCUT2D eigenvalue weighted by atomic mass is 10.1. The summed E-state index contributed by atoms with van der Waals surface area (Å²) in [5.41, 5.74) is 1.28. The Morgan fingerprint density at radius 1 is 1.29 bits per heavy atom. The summed E-state index contributed by atoms with van der Waals surface area (Å²) in [6.07, 6.45) is -2.61. The molecule has 0 aliphatic heterocycles. The van der Waals surface area contributed by atoms with Gasteiger partial charge in [0.15, 0.2) is 0 Å². The van der Waals surface area contributed by atoms with Crippen molar-refractivity contribution in [3.05, 3.63) is 34.9 Å². The number of fused-ring (bicyclic) bond motifs is 1. The van der Waals surface area contributed by atoms with Crippen LogP contribution >= 0.6 is 15.9 Å². The number of hydrogen-bond acceptors (Lipinski definition) is 0. The molecule has 0 fully saturated rings. The largest absolute Gasteiger partial charge is 0.416 e. The zero-order chi connectivity index (χ0) is 10.3. The molecule has 0 saturated heterocycles. The predicted molar refractivity (Wildman–Crippen MR) is 51.4 cm³/mol. The molecule has 0 nitrogen and oxygen atoms in total. The van der Waals surface area contributed by atoms with Gasteiger partial charge in [0.05, 0.1) is 5.56 Å². The Morgan fingerprint density at radius 2 is 2.00 bits per heavy atom.